The molecule has 2 rings (SSSR count). The molecule has 1 atom stereocenters. The Morgan fingerprint density at radius 2 is 2.00 bits per heavy atom. The van der Waals surface area contributed by atoms with Crippen molar-refractivity contribution in [2.24, 2.45) is 5.92 Å². The van der Waals surface area contributed by atoms with Gasteiger partial charge in [-0.25, -0.2) is 0 Å². The maximum atomic E-state index is 12.9. The van der Waals surface area contributed by atoms with E-state index in [-0.39, 0.29) is 17.6 Å². The van der Waals surface area contributed by atoms with E-state index in [1.807, 2.05) is 11.2 Å². The first-order valence-electron chi connectivity index (χ1n) is 8.85. The molecule has 0 bridgehead atoms. The number of carbonyl (C=O) groups excluding carboxylic acids is 2. The molecule has 0 aliphatic carbocycles. The molecule has 1 fully saturated rings. The summed E-state index contributed by atoms with van der Waals surface area (Å²) < 4.78 is 5.13. The van der Waals surface area contributed by atoms with Crippen LogP contribution in [0.25, 0.3) is 0 Å². The van der Waals surface area contributed by atoms with E-state index in [1.165, 1.54) is 6.26 Å². The van der Waals surface area contributed by atoms with Crippen LogP contribution in [0.15, 0.2) is 22.8 Å². The number of rotatable bonds is 8. The summed E-state index contributed by atoms with van der Waals surface area (Å²) >= 11 is 1.67. The van der Waals surface area contributed by atoms with E-state index in [4.69, 9.17) is 4.42 Å². The Hall–Kier alpha value is -1.47. The van der Waals surface area contributed by atoms with Crippen molar-refractivity contribution in [3.63, 3.8) is 0 Å². The molecule has 2 amide bonds. The van der Waals surface area contributed by atoms with Gasteiger partial charge in [0.2, 0.25) is 5.91 Å². The van der Waals surface area contributed by atoms with E-state index in [9.17, 15) is 9.59 Å². The average Bonchev–Trinajstić information content (AvgIpc) is 3.12. The van der Waals surface area contributed by atoms with Crippen LogP contribution in [-0.2, 0) is 4.79 Å². The molecule has 2 heterocycles. The summed E-state index contributed by atoms with van der Waals surface area (Å²) in [5.74, 6) is 1.37. The standard InChI is InChI=1S/C18H29N3O3S/c1-14(2)13-20-7-9-21(10-8-20)18(23)15(6-12-25-3)19-17(22)16-5-4-11-24-16/h4-5,11,14-15H,6-10,12-13H2,1-3H3,(H,19,22). The third-order valence-corrected chi connectivity index (χ3v) is 4.91. The van der Waals surface area contributed by atoms with Gasteiger partial charge in [-0.05, 0) is 36.5 Å². The van der Waals surface area contributed by atoms with Crippen molar-refractivity contribution in [3.05, 3.63) is 24.2 Å². The molecule has 0 aromatic carbocycles. The number of thioether (sulfide) groups is 1. The summed E-state index contributed by atoms with van der Waals surface area (Å²) in [4.78, 5) is 29.4. The van der Waals surface area contributed by atoms with Crippen molar-refractivity contribution in [2.45, 2.75) is 26.3 Å². The minimum atomic E-state index is -0.498. The highest BCUT2D eigenvalue weighted by atomic mass is 32.2. The Morgan fingerprint density at radius 3 is 2.56 bits per heavy atom. The molecule has 0 saturated carbocycles. The first-order valence-corrected chi connectivity index (χ1v) is 10.2. The molecule has 1 unspecified atom stereocenters. The highest BCUT2D eigenvalue weighted by Crippen LogP contribution is 2.11. The minimum Gasteiger partial charge on any atom is -0.459 e. The van der Waals surface area contributed by atoms with Gasteiger partial charge in [0, 0.05) is 32.7 Å². The molecule has 0 spiro atoms. The summed E-state index contributed by atoms with van der Waals surface area (Å²) in [6.45, 7) is 8.71. The predicted octanol–water partition coefficient (Wildman–Crippen LogP) is 1.93. The van der Waals surface area contributed by atoms with Gasteiger partial charge in [-0.2, -0.15) is 11.8 Å². The third kappa shape index (κ3) is 6.08. The lowest BCUT2D eigenvalue weighted by atomic mass is 10.1. The number of nitrogens with zero attached hydrogens (tertiary/aromatic N) is 2. The second-order valence-electron chi connectivity index (χ2n) is 6.80. The van der Waals surface area contributed by atoms with E-state index < -0.39 is 6.04 Å². The number of furan rings is 1. The lowest BCUT2D eigenvalue weighted by molar-refractivity contribution is -0.135. The fraction of sp³-hybridized carbons (Fsp3) is 0.667. The molecule has 6 nitrogen and oxygen atoms in total. The van der Waals surface area contributed by atoms with Gasteiger partial charge in [0.1, 0.15) is 6.04 Å². The van der Waals surface area contributed by atoms with Crippen molar-refractivity contribution >= 4 is 23.6 Å². The van der Waals surface area contributed by atoms with Crippen LogP contribution >= 0.6 is 11.8 Å². The topological polar surface area (TPSA) is 65.8 Å². The first-order chi connectivity index (χ1) is 12.0. The summed E-state index contributed by atoms with van der Waals surface area (Å²) in [7, 11) is 0. The Morgan fingerprint density at radius 1 is 1.28 bits per heavy atom. The quantitative estimate of drug-likeness (QED) is 0.761. The van der Waals surface area contributed by atoms with Crippen LogP contribution in [0.5, 0.6) is 0 Å². The number of hydrogen-bond donors (Lipinski definition) is 1. The van der Waals surface area contributed by atoms with Crippen LogP contribution in [0, 0.1) is 5.92 Å². The summed E-state index contributed by atoms with van der Waals surface area (Å²) in [6, 6.07) is 2.78. The molecule has 1 aromatic rings. The number of nitrogens with one attached hydrogen (secondary N) is 1. The highest BCUT2D eigenvalue weighted by molar-refractivity contribution is 7.98. The smallest absolute Gasteiger partial charge is 0.287 e. The molecule has 1 aliphatic heterocycles. The fourth-order valence-electron chi connectivity index (χ4n) is 3.02. The molecule has 25 heavy (non-hydrogen) atoms. The lowest BCUT2D eigenvalue weighted by Gasteiger charge is -2.37. The van der Waals surface area contributed by atoms with E-state index in [0.29, 0.717) is 12.3 Å². The zero-order valence-electron chi connectivity index (χ0n) is 15.4. The second-order valence-corrected chi connectivity index (χ2v) is 7.79. The zero-order chi connectivity index (χ0) is 18.2. The molecule has 0 radical (unpaired) electrons. The lowest BCUT2D eigenvalue weighted by Crippen LogP contribution is -2.55. The molecule has 1 aliphatic rings. The van der Waals surface area contributed by atoms with Crippen LogP contribution in [0.3, 0.4) is 0 Å². The predicted molar refractivity (Wildman–Crippen MR) is 101 cm³/mol. The molecule has 7 heteroatoms. The van der Waals surface area contributed by atoms with Gasteiger partial charge in [-0.1, -0.05) is 13.8 Å². The molecular weight excluding hydrogens is 338 g/mol. The normalized spacial score (nSPS) is 16.9. The highest BCUT2D eigenvalue weighted by Gasteiger charge is 2.29. The van der Waals surface area contributed by atoms with Crippen molar-refractivity contribution in [2.75, 3.05) is 44.7 Å². The van der Waals surface area contributed by atoms with Crippen molar-refractivity contribution < 1.29 is 14.0 Å². The molecular formula is C18H29N3O3S. The van der Waals surface area contributed by atoms with E-state index in [0.717, 1.165) is 38.5 Å². The van der Waals surface area contributed by atoms with Gasteiger partial charge in [0.05, 0.1) is 6.26 Å². The summed E-state index contributed by atoms with van der Waals surface area (Å²) in [5.41, 5.74) is 0. The molecule has 1 aromatic heterocycles. The van der Waals surface area contributed by atoms with Gasteiger partial charge >= 0.3 is 0 Å². The van der Waals surface area contributed by atoms with Crippen LogP contribution in [0.1, 0.15) is 30.8 Å². The largest absolute Gasteiger partial charge is 0.459 e. The number of piperazine rings is 1. The number of hydrogen-bond acceptors (Lipinski definition) is 5. The van der Waals surface area contributed by atoms with Gasteiger partial charge in [-0.15, -0.1) is 0 Å². The second kappa shape index (κ2) is 9.87. The summed E-state index contributed by atoms with van der Waals surface area (Å²) in [6.07, 6.45) is 4.08. The average molecular weight is 368 g/mol. The Kier molecular flexibility index (Phi) is 7.84. The zero-order valence-corrected chi connectivity index (χ0v) is 16.2. The van der Waals surface area contributed by atoms with E-state index >= 15 is 0 Å². The monoisotopic (exact) mass is 367 g/mol. The van der Waals surface area contributed by atoms with Crippen LogP contribution in [-0.4, -0.2) is 72.4 Å². The van der Waals surface area contributed by atoms with Gasteiger partial charge in [-0.3, -0.25) is 14.5 Å². The number of carbonyl (C=O) groups is 2. The Labute approximate surface area is 154 Å². The number of amides is 2. The maximum absolute atomic E-state index is 12.9. The molecule has 140 valence electrons. The Balaban J connectivity index is 1.93. The fourth-order valence-corrected chi connectivity index (χ4v) is 3.49. The van der Waals surface area contributed by atoms with Gasteiger partial charge < -0.3 is 14.6 Å². The van der Waals surface area contributed by atoms with Crippen LogP contribution in [0.4, 0.5) is 0 Å². The van der Waals surface area contributed by atoms with E-state index in [1.54, 1.807) is 23.9 Å². The SMILES string of the molecule is CSCCC(NC(=O)c1ccco1)C(=O)N1CCN(CC(C)C)CC1. The van der Waals surface area contributed by atoms with Gasteiger partial charge in [0.25, 0.3) is 5.91 Å². The maximum Gasteiger partial charge on any atom is 0.287 e. The first kappa shape index (κ1) is 19.8. The minimum absolute atomic E-state index is 0.0122. The summed E-state index contributed by atoms with van der Waals surface area (Å²) in [5, 5.41) is 2.84. The van der Waals surface area contributed by atoms with Crippen LogP contribution in [0.2, 0.25) is 0 Å². The van der Waals surface area contributed by atoms with Crippen LogP contribution < -0.4 is 5.32 Å². The third-order valence-electron chi connectivity index (χ3n) is 4.27. The van der Waals surface area contributed by atoms with Crippen molar-refractivity contribution in [1.82, 2.24) is 15.1 Å². The van der Waals surface area contributed by atoms with Gasteiger partial charge in [0.15, 0.2) is 5.76 Å². The Bertz CT molecular complexity index is 540. The van der Waals surface area contributed by atoms with Crippen molar-refractivity contribution in [1.29, 1.82) is 0 Å². The van der Waals surface area contributed by atoms with E-state index in [2.05, 4.69) is 24.1 Å². The molecule has 1 saturated heterocycles. The van der Waals surface area contributed by atoms with Crippen molar-refractivity contribution in [3.8, 4) is 0 Å². The molecule has 1 N–H and O–H groups in total.